The predicted octanol–water partition coefficient (Wildman–Crippen LogP) is 2.56. The molecule has 0 radical (unpaired) electrons. The van der Waals surface area contributed by atoms with E-state index in [-0.39, 0.29) is 0 Å². The van der Waals surface area contributed by atoms with Crippen LogP contribution in [-0.4, -0.2) is 14.0 Å². The van der Waals surface area contributed by atoms with E-state index in [2.05, 4.69) is 21.0 Å². The number of aromatic nitrogens is 2. The normalized spacial score (nSPS) is 12.6. The number of anilines is 1. The van der Waals surface area contributed by atoms with Crippen molar-refractivity contribution < 1.29 is 4.21 Å². The van der Waals surface area contributed by atoms with Crippen LogP contribution in [0.4, 0.5) is 5.69 Å². The second-order valence-corrected chi connectivity index (χ2v) is 6.21. The van der Waals surface area contributed by atoms with Gasteiger partial charge in [-0.25, -0.2) is 0 Å². The molecule has 0 saturated carbocycles. The number of aryl methyl sites for hydroxylation is 1. The van der Waals surface area contributed by atoms with Crippen molar-refractivity contribution in [3.8, 4) is 0 Å². The Morgan fingerprint density at radius 1 is 1.50 bits per heavy atom. The lowest BCUT2D eigenvalue weighted by Crippen LogP contribution is -2.00. The molecule has 1 atom stereocenters. The Labute approximate surface area is 117 Å². The fourth-order valence-corrected chi connectivity index (χ4v) is 3.14. The van der Waals surface area contributed by atoms with E-state index in [1.165, 1.54) is 0 Å². The number of hydrogen-bond acceptors (Lipinski definition) is 3. The van der Waals surface area contributed by atoms with Crippen LogP contribution in [0.25, 0.3) is 0 Å². The van der Waals surface area contributed by atoms with Crippen LogP contribution in [0.2, 0.25) is 0 Å². The summed E-state index contributed by atoms with van der Waals surface area (Å²) in [7, 11) is -1.14. The number of nitrogens with two attached hydrogens (primary N) is 1. The SMILES string of the molecule is CCn1cc(CS(=O)c2ccc(Br)cc2N)cn1. The van der Waals surface area contributed by atoms with Gasteiger partial charge in [0.15, 0.2) is 0 Å². The molecule has 6 heteroatoms. The van der Waals surface area contributed by atoms with Crippen molar-refractivity contribution >= 4 is 32.4 Å². The molecular formula is C12H14BrN3OS. The van der Waals surface area contributed by atoms with Gasteiger partial charge >= 0.3 is 0 Å². The number of nitrogen functional groups attached to an aromatic ring is 1. The van der Waals surface area contributed by atoms with Crippen molar-refractivity contribution in [1.29, 1.82) is 0 Å². The fourth-order valence-electron chi connectivity index (χ4n) is 1.61. The molecule has 0 amide bonds. The van der Waals surface area contributed by atoms with Crippen molar-refractivity contribution in [2.75, 3.05) is 5.73 Å². The third-order valence-electron chi connectivity index (χ3n) is 2.53. The molecule has 2 aromatic rings. The van der Waals surface area contributed by atoms with Gasteiger partial charge in [0.05, 0.1) is 27.6 Å². The Hall–Kier alpha value is -1.14. The number of halogens is 1. The standard InChI is InChI=1S/C12H14BrN3OS/c1-2-16-7-9(6-15-16)8-18(17)12-4-3-10(13)5-11(12)14/h3-7H,2,8,14H2,1H3. The Morgan fingerprint density at radius 3 is 2.89 bits per heavy atom. The summed E-state index contributed by atoms with van der Waals surface area (Å²) in [6.45, 7) is 2.83. The van der Waals surface area contributed by atoms with Crippen molar-refractivity contribution in [2.45, 2.75) is 24.1 Å². The third-order valence-corrected chi connectivity index (χ3v) is 4.48. The lowest BCUT2D eigenvalue weighted by Gasteiger charge is -2.05. The second-order valence-electron chi connectivity index (χ2n) is 3.88. The third kappa shape index (κ3) is 3.00. The van der Waals surface area contributed by atoms with Gasteiger partial charge in [0.2, 0.25) is 0 Å². The molecule has 0 fully saturated rings. The predicted molar refractivity (Wildman–Crippen MR) is 76.6 cm³/mol. The van der Waals surface area contributed by atoms with E-state index in [0.717, 1.165) is 16.6 Å². The van der Waals surface area contributed by atoms with E-state index in [1.54, 1.807) is 18.3 Å². The first kappa shape index (κ1) is 13.3. The Morgan fingerprint density at radius 2 is 2.28 bits per heavy atom. The van der Waals surface area contributed by atoms with Crippen LogP contribution in [-0.2, 0) is 23.1 Å². The van der Waals surface area contributed by atoms with E-state index < -0.39 is 10.8 Å². The average Bonchev–Trinajstić information content (AvgIpc) is 2.76. The maximum Gasteiger partial charge on any atom is 0.0621 e. The molecule has 2 rings (SSSR count). The van der Waals surface area contributed by atoms with Gasteiger partial charge in [0.25, 0.3) is 0 Å². The first-order valence-corrected chi connectivity index (χ1v) is 7.66. The lowest BCUT2D eigenvalue weighted by atomic mass is 10.3. The molecule has 1 aromatic carbocycles. The number of benzene rings is 1. The van der Waals surface area contributed by atoms with Gasteiger partial charge in [-0.05, 0) is 25.1 Å². The van der Waals surface area contributed by atoms with Crippen LogP contribution >= 0.6 is 15.9 Å². The van der Waals surface area contributed by atoms with Crippen LogP contribution in [0.3, 0.4) is 0 Å². The maximum absolute atomic E-state index is 12.2. The fraction of sp³-hybridized carbons (Fsp3) is 0.250. The average molecular weight is 328 g/mol. The van der Waals surface area contributed by atoms with E-state index in [4.69, 9.17) is 5.73 Å². The largest absolute Gasteiger partial charge is 0.398 e. The smallest absolute Gasteiger partial charge is 0.0621 e. The molecule has 2 N–H and O–H groups in total. The molecule has 1 unspecified atom stereocenters. The van der Waals surface area contributed by atoms with E-state index in [0.29, 0.717) is 16.3 Å². The molecule has 0 aliphatic heterocycles. The summed E-state index contributed by atoms with van der Waals surface area (Å²) in [5.74, 6) is 0.436. The molecule has 0 bridgehead atoms. The van der Waals surface area contributed by atoms with Crippen molar-refractivity contribution in [1.82, 2.24) is 9.78 Å². The van der Waals surface area contributed by atoms with Crippen LogP contribution in [0.1, 0.15) is 12.5 Å². The second kappa shape index (κ2) is 5.67. The molecule has 4 nitrogen and oxygen atoms in total. The molecule has 0 saturated heterocycles. The van der Waals surface area contributed by atoms with E-state index >= 15 is 0 Å². The van der Waals surface area contributed by atoms with Crippen LogP contribution in [0, 0.1) is 0 Å². The van der Waals surface area contributed by atoms with E-state index in [1.807, 2.05) is 23.9 Å². The topological polar surface area (TPSA) is 60.9 Å². The summed E-state index contributed by atoms with van der Waals surface area (Å²) >= 11 is 3.33. The van der Waals surface area contributed by atoms with Gasteiger partial charge in [-0.2, -0.15) is 5.10 Å². The molecule has 96 valence electrons. The molecule has 18 heavy (non-hydrogen) atoms. The van der Waals surface area contributed by atoms with Crippen LogP contribution in [0.15, 0.2) is 40.0 Å². The summed E-state index contributed by atoms with van der Waals surface area (Å²) in [5, 5.41) is 4.16. The molecule has 0 aliphatic carbocycles. The molecule has 0 spiro atoms. The van der Waals surface area contributed by atoms with Gasteiger partial charge in [-0.1, -0.05) is 15.9 Å². The Balaban J connectivity index is 2.16. The molecule has 1 heterocycles. The Bertz CT molecular complexity index is 582. The first-order valence-electron chi connectivity index (χ1n) is 5.55. The highest BCUT2D eigenvalue weighted by Gasteiger charge is 2.10. The maximum atomic E-state index is 12.2. The number of hydrogen-bond donors (Lipinski definition) is 1. The lowest BCUT2D eigenvalue weighted by molar-refractivity contribution is 0.659. The van der Waals surface area contributed by atoms with E-state index in [9.17, 15) is 4.21 Å². The highest BCUT2D eigenvalue weighted by Crippen LogP contribution is 2.23. The molecule has 0 aliphatic rings. The monoisotopic (exact) mass is 327 g/mol. The quantitative estimate of drug-likeness (QED) is 0.878. The van der Waals surface area contributed by atoms with Gasteiger partial charge in [0, 0.05) is 28.5 Å². The minimum atomic E-state index is -1.14. The zero-order chi connectivity index (χ0) is 13.1. The highest BCUT2D eigenvalue weighted by atomic mass is 79.9. The summed E-state index contributed by atoms with van der Waals surface area (Å²) in [5.41, 5.74) is 7.37. The van der Waals surface area contributed by atoms with Crippen molar-refractivity contribution in [2.24, 2.45) is 0 Å². The zero-order valence-electron chi connectivity index (χ0n) is 9.97. The number of nitrogens with zero attached hydrogens (tertiary/aromatic N) is 2. The number of rotatable bonds is 4. The molecule has 1 aromatic heterocycles. The van der Waals surface area contributed by atoms with Gasteiger partial charge in [-0.15, -0.1) is 0 Å². The minimum Gasteiger partial charge on any atom is -0.398 e. The van der Waals surface area contributed by atoms with Crippen LogP contribution in [0.5, 0.6) is 0 Å². The van der Waals surface area contributed by atoms with Crippen LogP contribution < -0.4 is 5.73 Å². The van der Waals surface area contributed by atoms with Gasteiger partial charge < -0.3 is 5.73 Å². The summed E-state index contributed by atoms with van der Waals surface area (Å²) in [6.07, 6.45) is 3.66. The Kier molecular flexibility index (Phi) is 4.19. The van der Waals surface area contributed by atoms with Crippen molar-refractivity contribution in [3.05, 3.63) is 40.6 Å². The van der Waals surface area contributed by atoms with Crippen molar-refractivity contribution in [3.63, 3.8) is 0 Å². The summed E-state index contributed by atoms with van der Waals surface area (Å²) in [4.78, 5) is 0.669. The first-order chi connectivity index (χ1) is 8.60. The zero-order valence-corrected chi connectivity index (χ0v) is 12.4. The van der Waals surface area contributed by atoms with Gasteiger partial charge in [0.1, 0.15) is 0 Å². The summed E-state index contributed by atoms with van der Waals surface area (Å²) < 4.78 is 14.9. The highest BCUT2D eigenvalue weighted by molar-refractivity contribution is 9.10. The van der Waals surface area contributed by atoms with Gasteiger partial charge in [-0.3, -0.25) is 8.89 Å². The molecular weight excluding hydrogens is 314 g/mol. The minimum absolute atomic E-state index is 0.436. The summed E-state index contributed by atoms with van der Waals surface area (Å²) in [6, 6.07) is 5.40.